The fourth-order valence-electron chi connectivity index (χ4n) is 1.41. The van der Waals surface area contributed by atoms with Crippen molar-refractivity contribution in [2.24, 2.45) is 0 Å². The van der Waals surface area contributed by atoms with Crippen molar-refractivity contribution < 1.29 is 17.6 Å². The van der Waals surface area contributed by atoms with Crippen LogP contribution in [0.1, 0.15) is 5.56 Å². The van der Waals surface area contributed by atoms with Crippen LogP contribution in [-0.2, 0) is 6.54 Å². The molecule has 7 heteroatoms. The number of aromatic nitrogens is 1. The molecule has 0 bridgehead atoms. The lowest BCUT2D eigenvalue weighted by atomic mass is 10.2. The predicted octanol–water partition coefficient (Wildman–Crippen LogP) is 1.94. The highest BCUT2D eigenvalue weighted by atomic mass is 19.4. The SMILES string of the molecule is CNCc1ccnc(N(C)CC(F)(F)F)c1F. The first kappa shape index (κ1) is 13.7. The predicted molar refractivity (Wildman–Crippen MR) is 56.3 cm³/mol. The van der Waals surface area contributed by atoms with Gasteiger partial charge in [0.15, 0.2) is 11.6 Å². The van der Waals surface area contributed by atoms with Crippen LogP contribution in [-0.4, -0.2) is 31.8 Å². The average Bonchev–Trinajstić information content (AvgIpc) is 2.18. The molecular formula is C10H13F4N3. The Bertz CT molecular complexity index is 378. The van der Waals surface area contributed by atoms with Gasteiger partial charge in [0.25, 0.3) is 0 Å². The van der Waals surface area contributed by atoms with Crippen LogP contribution >= 0.6 is 0 Å². The fraction of sp³-hybridized carbons (Fsp3) is 0.500. The van der Waals surface area contributed by atoms with Crippen molar-refractivity contribution in [3.8, 4) is 0 Å². The van der Waals surface area contributed by atoms with E-state index in [2.05, 4.69) is 10.3 Å². The third kappa shape index (κ3) is 3.85. The molecule has 0 aliphatic carbocycles. The van der Waals surface area contributed by atoms with Gasteiger partial charge in [-0.1, -0.05) is 0 Å². The molecule has 0 atom stereocenters. The van der Waals surface area contributed by atoms with Gasteiger partial charge in [-0.05, 0) is 13.1 Å². The largest absolute Gasteiger partial charge is 0.405 e. The van der Waals surface area contributed by atoms with Crippen molar-refractivity contribution in [3.05, 3.63) is 23.6 Å². The fourth-order valence-corrected chi connectivity index (χ4v) is 1.41. The lowest BCUT2D eigenvalue weighted by Crippen LogP contribution is -2.32. The van der Waals surface area contributed by atoms with E-state index >= 15 is 0 Å². The average molecular weight is 251 g/mol. The van der Waals surface area contributed by atoms with Gasteiger partial charge in [0.05, 0.1) is 0 Å². The molecule has 0 amide bonds. The Kier molecular flexibility index (Phi) is 4.28. The zero-order valence-corrected chi connectivity index (χ0v) is 9.48. The van der Waals surface area contributed by atoms with Crippen molar-refractivity contribution in [2.75, 3.05) is 25.5 Å². The number of nitrogens with one attached hydrogen (secondary N) is 1. The second kappa shape index (κ2) is 5.31. The number of alkyl halides is 3. The number of hydrogen-bond donors (Lipinski definition) is 1. The van der Waals surface area contributed by atoms with Gasteiger partial charge in [0.1, 0.15) is 6.54 Å². The van der Waals surface area contributed by atoms with E-state index in [4.69, 9.17) is 0 Å². The Balaban J connectivity index is 2.94. The molecule has 17 heavy (non-hydrogen) atoms. The van der Waals surface area contributed by atoms with Crippen molar-refractivity contribution >= 4 is 5.82 Å². The number of anilines is 1. The summed E-state index contributed by atoms with van der Waals surface area (Å²) in [4.78, 5) is 4.37. The van der Waals surface area contributed by atoms with Crippen LogP contribution in [0, 0.1) is 5.82 Å². The molecule has 0 fully saturated rings. The van der Waals surface area contributed by atoms with Gasteiger partial charge in [-0.25, -0.2) is 9.37 Å². The van der Waals surface area contributed by atoms with Crippen molar-refractivity contribution in [1.29, 1.82) is 0 Å². The maximum atomic E-state index is 13.8. The monoisotopic (exact) mass is 251 g/mol. The summed E-state index contributed by atoms with van der Waals surface area (Å²) in [5, 5.41) is 2.73. The molecule has 1 aromatic rings. The van der Waals surface area contributed by atoms with E-state index in [9.17, 15) is 17.6 Å². The summed E-state index contributed by atoms with van der Waals surface area (Å²) in [6.45, 7) is -0.999. The van der Waals surface area contributed by atoms with E-state index in [0.717, 1.165) is 11.9 Å². The van der Waals surface area contributed by atoms with Crippen LogP contribution < -0.4 is 10.2 Å². The first-order chi connectivity index (χ1) is 7.85. The van der Waals surface area contributed by atoms with Crippen LogP contribution in [0.4, 0.5) is 23.4 Å². The highest BCUT2D eigenvalue weighted by molar-refractivity contribution is 5.42. The first-order valence-electron chi connectivity index (χ1n) is 4.91. The third-order valence-electron chi connectivity index (χ3n) is 2.10. The van der Waals surface area contributed by atoms with E-state index < -0.39 is 18.5 Å². The maximum absolute atomic E-state index is 13.8. The Labute approximate surface area is 96.4 Å². The summed E-state index contributed by atoms with van der Waals surface area (Å²) in [6, 6.07) is 1.43. The topological polar surface area (TPSA) is 28.2 Å². The van der Waals surface area contributed by atoms with Crippen molar-refractivity contribution in [1.82, 2.24) is 10.3 Å². The van der Waals surface area contributed by atoms with Crippen LogP contribution in [0.15, 0.2) is 12.3 Å². The smallest absolute Gasteiger partial charge is 0.348 e. The molecular weight excluding hydrogens is 238 g/mol. The minimum atomic E-state index is -4.39. The highest BCUT2D eigenvalue weighted by Crippen LogP contribution is 2.22. The van der Waals surface area contributed by atoms with Crippen molar-refractivity contribution in [2.45, 2.75) is 12.7 Å². The van der Waals surface area contributed by atoms with E-state index in [1.807, 2.05) is 0 Å². The summed E-state index contributed by atoms with van der Waals surface area (Å²) in [7, 11) is 2.78. The van der Waals surface area contributed by atoms with Gasteiger partial charge in [-0.15, -0.1) is 0 Å². The molecule has 0 aromatic carbocycles. The number of halogens is 4. The van der Waals surface area contributed by atoms with Gasteiger partial charge in [0, 0.05) is 25.4 Å². The third-order valence-corrected chi connectivity index (χ3v) is 2.10. The number of nitrogens with zero attached hydrogens (tertiary/aromatic N) is 2. The normalized spacial score (nSPS) is 11.6. The molecule has 1 rings (SSSR count). The molecule has 0 saturated carbocycles. The summed E-state index contributed by atoms with van der Waals surface area (Å²) in [6.07, 6.45) is -3.10. The molecule has 96 valence electrons. The van der Waals surface area contributed by atoms with Crippen LogP contribution in [0.5, 0.6) is 0 Å². The summed E-state index contributed by atoms with van der Waals surface area (Å²) in [5.74, 6) is -1.02. The molecule has 0 spiro atoms. The standard InChI is InChI=1S/C10H13F4N3/c1-15-5-7-3-4-16-9(8(7)11)17(2)6-10(12,13)14/h3-4,15H,5-6H2,1-2H3. The minimum Gasteiger partial charge on any atom is -0.348 e. The summed E-state index contributed by atoms with van der Waals surface area (Å²) >= 11 is 0. The zero-order chi connectivity index (χ0) is 13.1. The zero-order valence-electron chi connectivity index (χ0n) is 9.48. The Hall–Kier alpha value is -1.37. The van der Waals surface area contributed by atoms with Gasteiger partial charge < -0.3 is 10.2 Å². The molecule has 1 aromatic heterocycles. The minimum absolute atomic E-state index is 0.237. The van der Waals surface area contributed by atoms with Gasteiger partial charge in [0.2, 0.25) is 0 Å². The van der Waals surface area contributed by atoms with E-state index in [1.54, 1.807) is 7.05 Å². The first-order valence-corrected chi connectivity index (χ1v) is 4.91. The molecule has 0 aliphatic heterocycles. The van der Waals surface area contributed by atoms with Gasteiger partial charge >= 0.3 is 6.18 Å². The summed E-state index contributed by atoms with van der Waals surface area (Å²) < 4.78 is 50.3. The number of hydrogen-bond acceptors (Lipinski definition) is 3. The number of rotatable bonds is 4. The summed E-state index contributed by atoms with van der Waals surface area (Å²) in [5.41, 5.74) is 0.284. The quantitative estimate of drug-likeness (QED) is 0.829. The molecule has 1 heterocycles. The second-order valence-electron chi connectivity index (χ2n) is 3.61. The highest BCUT2D eigenvalue weighted by Gasteiger charge is 2.30. The lowest BCUT2D eigenvalue weighted by Gasteiger charge is -2.21. The lowest BCUT2D eigenvalue weighted by molar-refractivity contribution is -0.119. The van der Waals surface area contributed by atoms with Crippen LogP contribution in [0.2, 0.25) is 0 Å². The molecule has 0 aliphatic rings. The second-order valence-corrected chi connectivity index (χ2v) is 3.61. The molecule has 3 nitrogen and oxygen atoms in total. The molecule has 1 N–H and O–H groups in total. The van der Waals surface area contributed by atoms with Crippen LogP contribution in [0.3, 0.4) is 0 Å². The van der Waals surface area contributed by atoms with Crippen LogP contribution in [0.25, 0.3) is 0 Å². The molecule has 0 unspecified atom stereocenters. The van der Waals surface area contributed by atoms with Gasteiger partial charge in [-0.2, -0.15) is 13.2 Å². The molecule has 0 radical (unpaired) electrons. The van der Waals surface area contributed by atoms with E-state index in [-0.39, 0.29) is 17.9 Å². The van der Waals surface area contributed by atoms with Crippen molar-refractivity contribution in [3.63, 3.8) is 0 Å². The Morgan fingerprint density at radius 1 is 1.41 bits per heavy atom. The Morgan fingerprint density at radius 3 is 2.59 bits per heavy atom. The molecule has 0 saturated heterocycles. The van der Waals surface area contributed by atoms with E-state index in [0.29, 0.717) is 0 Å². The Morgan fingerprint density at radius 2 is 2.06 bits per heavy atom. The van der Waals surface area contributed by atoms with Gasteiger partial charge in [-0.3, -0.25) is 0 Å². The maximum Gasteiger partial charge on any atom is 0.405 e. The number of pyridine rings is 1. The van der Waals surface area contributed by atoms with E-state index in [1.165, 1.54) is 12.3 Å².